The molecule has 0 aliphatic rings. The van der Waals surface area contributed by atoms with Gasteiger partial charge in [0.15, 0.2) is 11.3 Å². The van der Waals surface area contributed by atoms with Crippen LogP contribution in [0.1, 0.15) is 16.2 Å². The summed E-state index contributed by atoms with van der Waals surface area (Å²) >= 11 is 6.20. The highest BCUT2D eigenvalue weighted by molar-refractivity contribution is 6.34. The fourth-order valence-corrected chi connectivity index (χ4v) is 2.43. The van der Waals surface area contributed by atoms with Crippen molar-refractivity contribution in [2.75, 3.05) is 7.11 Å². The Bertz CT molecular complexity index is 983. The fraction of sp³-hybridized carbons (Fsp3) is 0.133. The van der Waals surface area contributed by atoms with Gasteiger partial charge in [0.1, 0.15) is 5.02 Å². The molecule has 0 unspecified atom stereocenters. The molecule has 0 aliphatic heterocycles. The molecular weight excluding hydrogens is 336 g/mol. The monoisotopic (exact) mass is 346 g/mol. The number of fused-ring (bicyclic) bond motifs is 1. The van der Waals surface area contributed by atoms with E-state index in [2.05, 4.69) is 10.1 Å². The van der Waals surface area contributed by atoms with Gasteiger partial charge in [0.05, 0.1) is 23.4 Å². The SMILES string of the molecule is COC(=O)c1cc(-c2cccc([N+](=O)[O-])c2)nc2c(Cl)c(C)nn12. The number of methoxy groups -OCH3 is 1. The van der Waals surface area contributed by atoms with Crippen LogP contribution < -0.4 is 0 Å². The van der Waals surface area contributed by atoms with Crippen LogP contribution in [-0.2, 0) is 4.74 Å². The van der Waals surface area contributed by atoms with Gasteiger partial charge in [0.2, 0.25) is 0 Å². The van der Waals surface area contributed by atoms with Crippen molar-refractivity contribution < 1.29 is 14.5 Å². The molecular formula is C15H11ClN4O4. The first-order chi connectivity index (χ1) is 11.4. The van der Waals surface area contributed by atoms with Crippen molar-refractivity contribution in [3.05, 3.63) is 56.9 Å². The minimum atomic E-state index is -0.617. The molecule has 0 atom stereocenters. The Morgan fingerprint density at radius 1 is 1.38 bits per heavy atom. The molecule has 122 valence electrons. The van der Waals surface area contributed by atoms with Gasteiger partial charge in [-0.25, -0.2) is 14.3 Å². The van der Waals surface area contributed by atoms with E-state index in [1.165, 1.54) is 29.8 Å². The number of nitro benzene ring substituents is 1. The number of ether oxygens (including phenoxy) is 1. The summed E-state index contributed by atoms with van der Waals surface area (Å²) < 4.78 is 6.06. The van der Waals surface area contributed by atoms with Crippen LogP contribution in [0, 0.1) is 17.0 Å². The van der Waals surface area contributed by atoms with E-state index >= 15 is 0 Å². The van der Waals surface area contributed by atoms with Crippen molar-refractivity contribution in [3.8, 4) is 11.3 Å². The van der Waals surface area contributed by atoms with Crippen molar-refractivity contribution >= 4 is 28.9 Å². The maximum Gasteiger partial charge on any atom is 0.356 e. The Balaban J connectivity index is 2.29. The summed E-state index contributed by atoms with van der Waals surface area (Å²) in [5.41, 5.74) is 1.66. The van der Waals surface area contributed by atoms with E-state index in [0.717, 1.165) is 0 Å². The normalized spacial score (nSPS) is 10.8. The molecule has 3 rings (SSSR count). The third-order valence-corrected chi connectivity index (χ3v) is 3.88. The lowest BCUT2D eigenvalue weighted by atomic mass is 10.1. The van der Waals surface area contributed by atoms with Crippen LogP contribution in [0.2, 0.25) is 5.02 Å². The summed E-state index contributed by atoms with van der Waals surface area (Å²) in [7, 11) is 1.25. The van der Waals surface area contributed by atoms with E-state index in [4.69, 9.17) is 16.3 Å². The summed E-state index contributed by atoms with van der Waals surface area (Å²) in [5, 5.41) is 15.4. The van der Waals surface area contributed by atoms with Crippen LogP contribution in [0.3, 0.4) is 0 Å². The molecule has 9 heteroatoms. The van der Waals surface area contributed by atoms with Crippen molar-refractivity contribution in [1.82, 2.24) is 14.6 Å². The largest absolute Gasteiger partial charge is 0.464 e. The van der Waals surface area contributed by atoms with E-state index < -0.39 is 10.9 Å². The predicted molar refractivity (Wildman–Crippen MR) is 86.2 cm³/mol. The summed E-state index contributed by atoms with van der Waals surface area (Å²) in [6.45, 7) is 1.69. The zero-order valence-corrected chi connectivity index (χ0v) is 13.4. The first kappa shape index (κ1) is 15.9. The zero-order chi connectivity index (χ0) is 17.4. The van der Waals surface area contributed by atoms with Gasteiger partial charge < -0.3 is 4.74 Å². The molecule has 3 aromatic rings. The lowest BCUT2D eigenvalue weighted by Gasteiger charge is -2.07. The van der Waals surface area contributed by atoms with Crippen molar-refractivity contribution in [3.63, 3.8) is 0 Å². The number of esters is 1. The van der Waals surface area contributed by atoms with Crippen molar-refractivity contribution in [2.45, 2.75) is 6.92 Å². The topological polar surface area (TPSA) is 99.6 Å². The maximum absolute atomic E-state index is 12.0. The Hall–Kier alpha value is -3.00. The number of benzene rings is 1. The van der Waals surface area contributed by atoms with Gasteiger partial charge in [-0.15, -0.1) is 0 Å². The second-order valence-electron chi connectivity index (χ2n) is 4.96. The smallest absolute Gasteiger partial charge is 0.356 e. The van der Waals surface area contributed by atoms with E-state index in [1.807, 2.05) is 0 Å². The van der Waals surface area contributed by atoms with Gasteiger partial charge in [-0.2, -0.15) is 5.10 Å². The minimum absolute atomic E-state index is 0.0791. The molecule has 0 aliphatic carbocycles. The quantitative estimate of drug-likeness (QED) is 0.410. The molecule has 2 aromatic heterocycles. The van der Waals surface area contributed by atoms with Gasteiger partial charge in [-0.05, 0) is 13.0 Å². The van der Waals surface area contributed by atoms with Crippen molar-refractivity contribution in [2.24, 2.45) is 0 Å². The summed E-state index contributed by atoms with van der Waals surface area (Å²) in [4.78, 5) is 26.9. The second kappa shape index (κ2) is 5.89. The zero-order valence-electron chi connectivity index (χ0n) is 12.7. The highest BCUT2D eigenvalue weighted by Crippen LogP contribution is 2.27. The van der Waals surface area contributed by atoms with E-state index in [1.54, 1.807) is 19.1 Å². The standard InChI is InChI=1S/C15H11ClN4O4/c1-8-13(16)14-17-11(7-12(15(21)24-2)19(14)18-8)9-4-3-5-10(6-9)20(22)23/h3-7H,1-2H3. The number of aryl methyl sites for hydroxylation is 1. The number of aromatic nitrogens is 3. The molecule has 2 heterocycles. The molecule has 0 radical (unpaired) electrons. The van der Waals surface area contributed by atoms with Gasteiger partial charge in [-0.1, -0.05) is 23.7 Å². The number of carbonyl (C=O) groups is 1. The number of hydrogen-bond acceptors (Lipinski definition) is 6. The molecule has 0 fully saturated rings. The number of non-ortho nitro benzene ring substituents is 1. The molecule has 24 heavy (non-hydrogen) atoms. The molecule has 0 spiro atoms. The van der Waals surface area contributed by atoms with E-state index in [9.17, 15) is 14.9 Å². The average Bonchev–Trinajstić information content (AvgIpc) is 2.88. The van der Waals surface area contributed by atoms with Crippen LogP contribution in [0.15, 0.2) is 30.3 Å². The number of nitro groups is 1. The lowest BCUT2D eigenvalue weighted by Crippen LogP contribution is -2.10. The molecule has 0 N–H and O–H groups in total. The summed E-state index contributed by atoms with van der Waals surface area (Å²) in [5.74, 6) is -0.617. The Morgan fingerprint density at radius 3 is 2.79 bits per heavy atom. The highest BCUT2D eigenvalue weighted by atomic mass is 35.5. The number of carbonyl (C=O) groups excluding carboxylic acids is 1. The summed E-state index contributed by atoms with van der Waals surface area (Å²) in [6, 6.07) is 7.40. The molecule has 1 aromatic carbocycles. The molecule has 0 amide bonds. The van der Waals surface area contributed by atoms with Crippen LogP contribution in [0.5, 0.6) is 0 Å². The van der Waals surface area contributed by atoms with E-state index in [0.29, 0.717) is 22.0 Å². The van der Waals surface area contributed by atoms with Gasteiger partial charge in [0.25, 0.3) is 5.69 Å². The van der Waals surface area contributed by atoms with Crippen LogP contribution in [-0.4, -0.2) is 32.6 Å². The molecule has 0 saturated heterocycles. The number of hydrogen-bond donors (Lipinski definition) is 0. The van der Waals surface area contributed by atoms with Gasteiger partial charge in [-0.3, -0.25) is 10.1 Å². The fourth-order valence-electron chi connectivity index (χ4n) is 2.27. The third-order valence-electron chi connectivity index (χ3n) is 3.44. The average molecular weight is 347 g/mol. The number of rotatable bonds is 3. The van der Waals surface area contributed by atoms with E-state index in [-0.39, 0.29) is 17.0 Å². The molecule has 8 nitrogen and oxygen atoms in total. The first-order valence-corrected chi connectivity index (χ1v) is 7.19. The Kier molecular flexibility index (Phi) is 3.90. The van der Waals surface area contributed by atoms with Crippen LogP contribution in [0.4, 0.5) is 5.69 Å². The molecule has 0 saturated carbocycles. The van der Waals surface area contributed by atoms with Crippen LogP contribution in [0.25, 0.3) is 16.9 Å². The first-order valence-electron chi connectivity index (χ1n) is 6.81. The number of nitrogens with zero attached hydrogens (tertiary/aromatic N) is 4. The maximum atomic E-state index is 12.0. The third kappa shape index (κ3) is 2.56. The lowest BCUT2D eigenvalue weighted by molar-refractivity contribution is -0.384. The number of halogens is 1. The summed E-state index contributed by atoms with van der Waals surface area (Å²) in [6.07, 6.45) is 0. The Morgan fingerprint density at radius 2 is 2.12 bits per heavy atom. The van der Waals surface area contributed by atoms with Gasteiger partial charge in [0, 0.05) is 17.7 Å². The van der Waals surface area contributed by atoms with Crippen molar-refractivity contribution in [1.29, 1.82) is 0 Å². The minimum Gasteiger partial charge on any atom is -0.464 e. The highest BCUT2D eigenvalue weighted by Gasteiger charge is 2.20. The van der Waals surface area contributed by atoms with Gasteiger partial charge >= 0.3 is 5.97 Å². The van der Waals surface area contributed by atoms with Crippen LogP contribution >= 0.6 is 11.6 Å². The predicted octanol–water partition coefficient (Wildman–Crippen LogP) is 3.05. The Labute approximate surface area is 140 Å². The molecule has 0 bridgehead atoms. The second-order valence-corrected chi connectivity index (χ2v) is 5.34.